The highest BCUT2D eigenvalue weighted by Crippen LogP contribution is 2.18. The molecule has 0 saturated carbocycles. The van der Waals surface area contributed by atoms with Crippen molar-refractivity contribution in [1.29, 1.82) is 0 Å². The number of nitrogens with one attached hydrogen (secondary N) is 1. The van der Waals surface area contributed by atoms with E-state index in [1.807, 2.05) is 0 Å². The van der Waals surface area contributed by atoms with Gasteiger partial charge in [-0.05, 0) is 24.3 Å². The maximum atomic E-state index is 3.41. The zero-order chi connectivity index (χ0) is 6.81. The van der Waals surface area contributed by atoms with E-state index in [2.05, 4.69) is 23.5 Å². The van der Waals surface area contributed by atoms with Crippen LogP contribution in [-0.2, 0) is 0 Å². The zero-order valence-electron chi connectivity index (χ0n) is 6.14. The van der Waals surface area contributed by atoms with Crippen LogP contribution in [0.3, 0.4) is 0 Å². The van der Waals surface area contributed by atoms with Gasteiger partial charge in [0.2, 0.25) is 0 Å². The first-order valence-corrected chi connectivity index (χ1v) is 4.03. The number of fused-ring (bicyclic) bond motifs is 1. The molecule has 0 aromatic rings. The standard InChI is InChI=1S/C9H13N/c1-2-4-9-5-8(3-1)6-10-7-9/h1,3,5,9-10H,2,4,6-7H2. The van der Waals surface area contributed by atoms with Gasteiger partial charge in [0.1, 0.15) is 0 Å². The van der Waals surface area contributed by atoms with Crippen LogP contribution in [0.2, 0.25) is 0 Å². The van der Waals surface area contributed by atoms with Crippen molar-refractivity contribution in [3.8, 4) is 0 Å². The molecule has 54 valence electrons. The molecule has 1 aliphatic carbocycles. The maximum absolute atomic E-state index is 3.41. The molecule has 1 nitrogen and oxygen atoms in total. The van der Waals surface area contributed by atoms with Gasteiger partial charge in [-0.2, -0.15) is 0 Å². The van der Waals surface area contributed by atoms with Crippen molar-refractivity contribution in [3.05, 3.63) is 23.8 Å². The molecule has 0 aromatic carbocycles. The Labute approximate surface area is 61.8 Å². The molecule has 0 spiro atoms. The van der Waals surface area contributed by atoms with Crippen LogP contribution in [-0.4, -0.2) is 13.1 Å². The summed E-state index contributed by atoms with van der Waals surface area (Å²) in [5, 5.41) is 3.41. The van der Waals surface area contributed by atoms with E-state index < -0.39 is 0 Å². The van der Waals surface area contributed by atoms with Crippen LogP contribution >= 0.6 is 0 Å². The Kier molecular flexibility index (Phi) is 1.60. The summed E-state index contributed by atoms with van der Waals surface area (Å²) < 4.78 is 0. The largest absolute Gasteiger partial charge is 0.312 e. The predicted molar refractivity (Wildman–Crippen MR) is 42.8 cm³/mol. The molecule has 0 aromatic heterocycles. The van der Waals surface area contributed by atoms with Crippen molar-refractivity contribution in [1.82, 2.24) is 5.32 Å². The lowest BCUT2D eigenvalue weighted by Crippen LogP contribution is -2.27. The average Bonchev–Trinajstić information content (AvgIpc) is 2.12. The number of allylic oxidation sites excluding steroid dienone is 1. The van der Waals surface area contributed by atoms with E-state index in [4.69, 9.17) is 0 Å². The fourth-order valence-corrected chi connectivity index (χ4v) is 1.67. The topological polar surface area (TPSA) is 12.0 Å². The summed E-state index contributed by atoms with van der Waals surface area (Å²) in [4.78, 5) is 0. The minimum atomic E-state index is 0.804. The third-order valence-electron chi connectivity index (χ3n) is 2.22. The summed E-state index contributed by atoms with van der Waals surface area (Å²) in [6.45, 7) is 2.26. The van der Waals surface area contributed by atoms with E-state index in [-0.39, 0.29) is 0 Å². The van der Waals surface area contributed by atoms with Crippen molar-refractivity contribution < 1.29 is 0 Å². The van der Waals surface area contributed by atoms with Crippen molar-refractivity contribution in [2.45, 2.75) is 12.8 Å². The molecule has 1 atom stereocenters. The third-order valence-corrected chi connectivity index (χ3v) is 2.22. The molecule has 2 rings (SSSR count). The average molecular weight is 135 g/mol. The van der Waals surface area contributed by atoms with Crippen LogP contribution < -0.4 is 5.32 Å². The van der Waals surface area contributed by atoms with Crippen LogP contribution in [0.5, 0.6) is 0 Å². The second-order valence-corrected chi connectivity index (χ2v) is 3.11. The Morgan fingerprint density at radius 3 is 3.50 bits per heavy atom. The molecule has 1 heteroatoms. The van der Waals surface area contributed by atoms with Gasteiger partial charge in [0.15, 0.2) is 0 Å². The van der Waals surface area contributed by atoms with Crippen LogP contribution in [0.1, 0.15) is 12.8 Å². The van der Waals surface area contributed by atoms with Crippen LogP contribution in [0.25, 0.3) is 0 Å². The van der Waals surface area contributed by atoms with Gasteiger partial charge < -0.3 is 5.32 Å². The summed E-state index contributed by atoms with van der Waals surface area (Å²) >= 11 is 0. The van der Waals surface area contributed by atoms with Gasteiger partial charge in [0, 0.05) is 13.1 Å². The summed E-state index contributed by atoms with van der Waals surface area (Å²) in [6, 6.07) is 0. The monoisotopic (exact) mass is 135 g/mol. The Balaban J connectivity index is 2.20. The van der Waals surface area contributed by atoms with Gasteiger partial charge in [-0.3, -0.25) is 0 Å². The SMILES string of the molecule is C1=CC2=CC(CC1)CNC2. The molecule has 1 aliphatic heterocycles. The lowest BCUT2D eigenvalue weighted by molar-refractivity contribution is 0.525. The second kappa shape index (κ2) is 2.59. The van der Waals surface area contributed by atoms with Crippen LogP contribution in [0.15, 0.2) is 23.8 Å². The van der Waals surface area contributed by atoms with E-state index in [0.717, 1.165) is 12.5 Å². The van der Waals surface area contributed by atoms with E-state index >= 15 is 0 Å². The first-order valence-electron chi connectivity index (χ1n) is 4.03. The van der Waals surface area contributed by atoms with E-state index in [9.17, 15) is 0 Å². The molecule has 0 fully saturated rings. The van der Waals surface area contributed by atoms with Gasteiger partial charge in [0.25, 0.3) is 0 Å². The Bertz CT molecular complexity index is 179. The molecule has 1 N–H and O–H groups in total. The highest BCUT2D eigenvalue weighted by molar-refractivity contribution is 5.25. The molecule has 2 aliphatic rings. The minimum Gasteiger partial charge on any atom is -0.312 e. The normalized spacial score (nSPS) is 31.2. The van der Waals surface area contributed by atoms with Crippen LogP contribution in [0.4, 0.5) is 0 Å². The minimum absolute atomic E-state index is 0.804. The Morgan fingerprint density at radius 2 is 2.50 bits per heavy atom. The van der Waals surface area contributed by atoms with Crippen LogP contribution in [0, 0.1) is 5.92 Å². The number of hydrogen-bond donors (Lipinski definition) is 1. The number of hydrogen-bond acceptors (Lipinski definition) is 1. The molecule has 10 heavy (non-hydrogen) atoms. The molecule has 1 unspecified atom stereocenters. The van der Waals surface area contributed by atoms with E-state index in [0.29, 0.717) is 0 Å². The van der Waals surface area contributed by atoms with Crippen molar-refractivity contribution in [2.24, 2.45) is 5.92 Å². The second-order valence-electron chi connectivity index (χ2n) is 3.11. The molecule has 0 saturated heterocycles. The summed E-state index contributed by atoms with van der Waals surface area (Å²) in [5.74, 6) is 0.804. The lowest BCUT2D eigenvalue weighted by Gasteiger charge is -2.18. The molecule has 0 amide bonds. The number of rotatable bonds is 0. The van der Waals surface area contributed by atoms with E-state index in [1.54, 1.807) is 0 Å². The highest BCUT2D eigenvalue weighted by atomic mass is 14.9. The summed E-state index contributed by atoms with van der Waals surface area (Å²) in [5.41, 5.74) is 1.48. The molecular weight excluding hydrogens is 122 g/mol. The van der Waals surface area contributed by atoms with Gasteiger partial charge in [-0.15, -0.1) is 0 Å². The molecular formula is C9H13N. The zero-order valence-corrected chi connectivity index (χ0v) is 6.14. The van der Waals surface area contributed by atoms with Gasteiger partial charge >= 0.3 is 0 Å². The summed E-state index contributed by atoms with van der Waals surface area (Å²) in [7, 11) is 0. The maximum Gasteiger partial charge on any atom is 0.0202 e. The highest BCUT2D eigenvalue weighted by Gasteiger charge is 2.12. The Morgan fingerprint density at radius 1 is 1.50 bits per heavy atom. The smallest absolute Gasteiger partial charge is 0.0202 e. The Hall–Kier alpha value is -0.560. The van der Waals surface area contributed by atoms with Gasteiger partial charge in [0.05, 0.1) is 0 Å². The first-order chi connectivity index (χ1) is 4.95. The quantitative estimate of drug-likeness (QED) is 0.530. The lowest BCUT2D eigenvalue weighted by atomic mass is 10.00. The van der Waals surface area contributed by atoms with Gasteiger partial charge in [-0.1, -0.05) is 18.2 Å². The third kappa shape index (κ3) is 1.14. The molecule has 2 bridgehead atoms. The molecule has 1 heterocycles. The van der Waals surface area contributed by atoms with Crippen molar-refractivity contribution in [2.75, 3.05) is 13.1 Å². The fourth-order valence-electron chi connectivity index (χ4n) is 1.67. The van der Waals surface area contributed by atoms with Gasteiger partial charge in [-0.25, -0.2) is 0 Å². The first kappa shape index (κ1) is 6.17. The molecule has 0 radical (unpaired) electrons. The van der Waals surface area contributed by atoms with E-state index in [1.165, 1.54) is 25.0 Å². The fraction of sp³-hybridized carbons (Fsp3) is 0.556. The predicted octanol–water partition coefficient (Wildman–Crippen LogP) is 1.48. The summed E-state index contributed by atoms with van der Waals surface area (Å²) in [6.07, 6.45) is 9.55. The van der Waals surface area contributed by atoms with Crippen molar-refractivity contribution in [3.63, 3.8) is 0 Å². The van der Waals surface area contributed by atoms with Crippen molar-refractivity contribution >= 4 is 0 Å².